The van der Waals surface area contributed by atoms with Gasteiger partial charge < -0.3 is 15.1 Å². The molecule has 1 saturated heterocycles. The predicted octanol–water partition coefficient (Wildman–Crippen LogP) is 3.55. The van der Waals surface area contributed by atoms with E-state index in [2.05, 4.69) is 40.1 Å². The Bertz CT molecular complexity index is 715. The number of rotatable bonds is 3. The van der Waals surface area contributed by atoms with Gasteiger partial charge in [-0.25, -0.2) is 4.98 Å². The second-order valence-corrected chi connectivity index (χ2v) is 6.96. The maximum Gasteiger partial charge on any atom is 0.227 e. The zero-order chi connectivity index (χ0) is 17.3. The lowest BCUT2D eigenvalue weighted by molar-refractivity contribution is 0.311. The third kappa shape index (κ3) is 3.79. The molecule has 1 fully saturated rings. The van der Waals surface area contributed by atoms with Gasteiger partial charge in [-0.05, 0) is 45.0 Å². The molecule has 2 aromatic rings. The van der Waals surface area contributed by atoms with Crippen LogP contribution < -0.4 is 10.2 Å². The fraction of sp³-hybridized carbons (Fsp3) is 0.444. The van der Waals surface area contributed by atoms with Gasteiger partial charge in [-0.2, -0.15) is 4.98 Å². The maximum absolute atomic E-state index is 6.41. The summed E-state index contributed by atoms with van der Waals surface area (Å²) in [5.41, 5.74) is 4.12. The SMILES string of the molecule is Cc1cc(C)c(Nc2cc(C)nc(N3CCN(C)CC3)n2)c(Cl)c1. The molecule has 1 aliphatic heterocycles. The molecule has 128 valence electrons. The highest BCUT2D eigenvalue weighted by Gasteiger charge is 2.17. The van der Waals surface area contributed by atoms with Crippen LogP contribution in [0.5, 0.6) is 0 Å². The summed E-state index contributed by atoms with van der Waals surface area (Å²) in [5.74, 6) is 1.57. The van der Waals surface area contributed by atoms with Gasteiger partial charge in [-0.1, -0.05) is 17.7 Å². The summed E-state index contributed by atoms with van der Waals surface area (Å²) >= 11 is 6.41. The lowest BCUT2D eigenvalue weighted by atomic mass is 10.1. The van der Waals surface area contributed by atoms with Crippen molar-refractivity contribution in [2.75, 3.05) is 43.4 Å². The van der Waals surface area contributed by atoms with E-state index in [0.717, 1.165) is 60.5 Å². The van der Waals surface area contributed by atoms with E-state index in [-0.39, 0.29) is 0 Å². The quantitative estimate of drug-likeness (QED) is 0.921. The maximum atomic E-state index is 6.41. The van der Waals surface area contributed by atoms with Crippen molar-refractivity contribution in [3.05, 3.63) is 40.0 Å². The number of nitrogens with one attached hydrogen (secondary N) is 1. The molecule has 24 heavy (non-hydrogen) atoms. The Morgan fingerprint density at radius 1 is 1.00 bits per heavy atom. The zero-order valence-corrected chi connectivity index (χ0v) is 15.5. The van der Waals surface area contributed by atoms with Gasteiger partial charge in [-0.15, -0.1) is 0 Å². The normalized spacial score (nSPS) is 15.6. The van der Waals surface area contributed by atoms with Crippen molar-refractivity contribution in [3.63, 3.8) is 0 Å². The van der Waals surface area contributed by atoms with E-state index < -0.39 is 0 Å². The molecule has 0 aliphatic carbocycles. The number of benzene rings is 1. The third-order valence-electron chi connectivity index (χ3n) is 4.31. The Hall–Kier alpha value is -1.85. The molecule has 0 saturated carbocycles. The minimum absolute atomic E-state index is 0.713. The monoisotopic (exact) mass is 345 g/mol. The Morgan fingerprint density at radius 2 is 1.71 bits per heavy atom. The van der Waals surface area contributed by atoms with Crippen LogP contribution in [0.15, 0.2) is 18.2 Å². The molecule has 0 unspecified atom stereocenters. The van der Waals surface area contributed by atoms with E-state index in [1.165, 1.54) is 0 Å². The number of halogens is 1. The molecule has 3 rings (SSSR count). The van der Waals surface area contributed by atoms with Crippen LogP contribution in [0.2, 0.25) is 5.02 Å². The first-order chi connectivity index (χ1) is 11.4. The molecule has 1 aromatic heterocycles. The predicted molar refractivity (Wildman–Crippen MR) is 101 cm³/mol. The van der Waals surface area contributed by atoms with Crippen LogP contribution in [0, 0.1) is 20.8 Å². The molecular formula is C18H24ClN5. The molecule has 2 heterocycles. The minimum Gasteiger partial charge on any atom is -0.339 e. The van der Waals surface area contributed by atoms with Gasteiger partial charge in [0, 0.05) is 37.9 Å². The molecule has 1 aliphatic rings. The highest BCUT2D eigenvalue weighted by molar-refractivity contribution is 6.33. The summed E-state index contributed by atoms with van der Waals surface area (Å²) in [7, 11) is 2.14. The first-order valence-corrected chi connectivity index (χ1v) is 8.63. The molecule has 1 aromatic carbocycles. The number of aryl methyl sites for hydroxylation is 3. The Morgan fingerprint density at radius 3 is 2.38 bits per heavy atom. The van der Waals surface area contributed by atoms with Gasteiger partial charge in [0.15, 0.2) is 0 Å². The number of aromatic nitrogens is 2. The fourth-order valence-corrected chi connectivity index (χ4v) is 3.34. The molecule has 0 radical (unpaired) electrons. The summed E-state index contributed by atoms with van der Waals surface area (Å²) in [6.45, 7) is 10.1. The molecule has 1 N–H and O–H groups in total. The summed E-state index contributed by atoms with van der Waals surface area (Å²) < 4.78 is 0. The van der Waals surface area contributed by atoms with Gasteiger partial charge in [0.25, 0.3) is 0 Å². The van der Waals surface area contributed by atoms with E-state index in [1.54, 1.807) is 0 Å². The Kier molecular flexibility index (Phi) is 4.92. The smallest absolute Gasteiger partial charge is 0.227 e. The highest BCUT2D eigenvalue weighted by atomic mass is 35.5. The molecule has 0 atom stereocenters. The molecule has 0 bridgehead atoms. The number of anilines is 3. The Balaban J connectivity index is 1.87. The van der Waals surface area contributed by atoms with Crippen LogP contribution >= 0.6 is 11.6 Å². The molecule has 5 nitrogen and oxygen atoms in total. The van der Waals surface area contributed by atoms with Gasteiger partial charge in [0.2, 0.25) is 5.95 Å². The average Bonchev–Trinajstić information content (AvgIpc) is 2.51. The third-order valence-corrected chi connectivity index (χ3v) is 4.61. The summed E-state index contributed by atoms with van der Waals surface area (Å²) in [4.78, 5) is 13.9. The van der Waals surface area contributed by atoms with Crippen LogP contribution in [-0.2, 0) is 0 Å². The first kappa shape index (κ1) is 17.0. The number of hydrogen-bond acceptors (Lipinski definition) is 5. The topological polar surface area (TPSA) is 44.3 Å². The van der Waals surface area contributed by atoms with Gasteiger partial charge in [0.05, 0.1) is 10.7 Å². The zero-order valence-electron chi connectivity index (χ0n) is 14.7. The van der Waals surface area contributed by atoms with E-state index in [1.807, 2.05) is 26.0 Å². The van der Waals surface area contributed by atoms with E-state index in [9.17, 15) is 0 Å². The van der Waals surface area contributed by atoms with Crippen LogP contribution in [0.3, 0.4) is 0 Å². The molecule has 0 amide bonds. The van der Waals surface area contributed by atoms with Crippen LogP contribution in [-0.4, -0.2) is 48.1 Å². The molecular weight excluding hydrogens is 322 g/mol. The van der Waals surface area contributed by atoms with E-state index in [0.29, 0.717) is 5.02 Å². The first-order valence-electron chi connectivity index (χ1n) is 8.25. The van der Waals surface area contributed by atoms with Gasteiger partial charge >= 0.3 is 0 Å². The summed E-state index contributed by atoms with van der Waals surface area (Å²) in [5, 5.41) is 4.09. The highest BCUT2D eigenvalue weighted by Crippen LogP contribution is 2.30. The van der Waals surface area contributed by atoms with Gasteiger partial charge in [-0.3, -0.25) is 0 Å². The van der Waals surface area contributed by atoms with Crippen molar-refractivity contribution in [1.82, 2.24) is 14.9 Å². The fourth-order valence-electron chi connectivity index (χ4n) is 2.97. The molecule has 6 heteroatoms. The van der Waals surface area contributed by atoms with Crippen molar-refractivity contribution < 1.29 is 0 Å². The second kappa shape index (κ2) is 6.95. The average molecular weight is 346 g/mol. The largest absolute Gasteiger partial charge is 0.339 e. The van der Waals surface area contributed by atoms with Crippen molar-refractivity contribution in [1.29, 1.82) is 0 Å². The second-order valence-electron chi connectivity index (χ2n) is 6.55. The van der Waals surface area contributed by atoms with Crippen molar-refractivity contribution >= 4 is 29.1 Å². The summed E-state index contributed by atoms with van der Waals surface area (Å²) in [6.07, 6.45) is 0. The number of likely N-dealkylation sites (N-methyl/N-ethyl adjacent to an activating group) is 1. The lowest BCUT2D eigenvalue weighted by Gasteiger charge is -2.32. The Labute approximate surface area is 148 Å². The number of piperazine rings is 1. The summed E-state index contributed by atoms with van der Waals surface area (Å²) in [6, 6.07) is 6.03. The van der Waals surface area contributed by atoms with Crippen molar-refractivity contribution in [2.45, 2.75) is 20.8 Å². The van der Waals surface area contributed by atoms with Gasteiger partial charge in [0.1, 0.15) is 5.82 Å². The van der Waals surface area contributed by atoms with Crippen molar-refractivity contribution in [2.24, 2.45) is 0 Å². The van der Waals surface area contributed by atoms with Crippen molar-refractivity contribution in [3.8, 4) is 0 Å². The van der Waals surface area contributed by atoms with E-state index in [4.69, 9.17) is 16.6 Å². The standard InChI is InChI=1S/C18H24ClN5/c1-12-9-13(2)17(15(19)10-12)21-16-11-14(3)20-18(22-16)24-7-5-23(4)6-8-24/h9-11H,5-8H2,1-4H3,(H,20,21,22). The van der Waals surface area contributed by atoms with Crippen LogP contribution in [0.1, 0.15) is 16.8 Å². The molecule has 0 spiro atoms. The van der Waals surface area contributed by atoms with Crippen LogP contribution in [0.25, 0.3) is 0 Å². The number of nitrogens with zero attached hydrogens (tertiary/aromatic N) is 4. The van der Waals surface area contributed by atoms with Crippen LogP contribution in [0.4, 0.5) is 17.5 Å². The minimum atomic E-state index is 0.713. The lowest BCUT2D eigenvalue weighted by Crippen LogP contribution is -2.45. The van der Waals surface area contributed by atoms with E-state index >= 15 is 0 Å². The number of hydrogen-bond donors (Lipinski definition) is 1.